The first kappa shape index (κ1) is 30.1. The van der Waals surface area contributed by atoms with Gasteiger partial charge in [0.05, 0.1) is 53.1 Å². The van der Waals surface area contributed by atoms with E-state index in [2.05, 4.69) is 16.0 Å². The fourth-order valence-corrected chi connectivity index (χ4v) is 7.76. The van der Waals surface area contributed by atoms with E-state index in [9.17, 15) is 9.59 Å². The molecular formula is C33H40N2O9. The quantitative estimate of drug-likeness (QED) is 0.374. The summed E-state index contributed by atoms with van der Waals surface area (Å²) in [5, 5.41) is 1.21. The first-order valence-corrected chi connectivity index (χ1v) is 14.9. The summed E-state index contributed by atoms with van der Waals surface area (Å²) in [7, 11) is 9.10. The molecule has 1 N–H and O–H groups in total. The number of esters is 2. The lowest BCUT2D eigenvalue weighted by molar-refractivity contribution is -0.176. The molecule has 1 aromatic heterocycles. The molecule has 2 aromatic carbocycles. The van der Waals surface area contributed by atoms with Gasteiger partial charge in [-0.2, -0.15) is 0 Å². The van der Waals surface area contributed by atoms with Gasteiger partial charge in [0.2, 0.25) is 5.75 Å². The number of benzene rings is 2. The number of aromatic amines is 1. The number of hydrogen-bond acceptors (Lipinski definition) is 10. The molecule has 0 spiro atoms. The molecule has 2 fully saturated rings. The average Bonchev–Trinajstić information content (AvgIpc) is 3.43. The minimum atomic E-state index is -0.670. The molecule has 3 aliphatic rings. The summed E-state index contributed by atoms with van der Waals surface area (Å²) in [4.78, 5) is 33.1. The molecule has 0 bridgehead atoms. The SMILES string of the molecule is COC(=O)[C@H]1C2CC3c4[nH]c5cc(OC)ccc5c4CCN3CC2C[C@@H](OC(=O)c2cc(OC)c(OC)c(OC)c2)C1OC. The highest BCUT2D eigenvalue weighted by molar-refractivity contribution is 5.91. The van der Waals surface area contributed by atoms with E-state index in [0.29, 0.717) is 23.7 Å². The third-order valence-electron chi connectivity index (χ3n) is 9.76. The molecule has 6 atom stereocenters. The van der Waals surface area contributed by atoms with Gasteiger partial charge < -0.3 is 38.1 Å². The van der Waals surface area contributed by atoms with Crippen molar-refractivity contribution >= 4 is 22.8 Å². The van der Waals surface area contributed by atoms with Crippen molar-refractivity contribution in [2.45, 2.75) is 37.5 Å². The van der Waals surface area contributed by atoms with Crippen LogP contribution in [0.5, 0.6) is 23.0 Å². The molecule has 2 aliphatic heterocycles. The van der Waals surface area contributed by atoms with Crippen molar-refractivity contribution in [1.29, 1.82) is 0 Å². The van der Waals surface area contributed by atoms with Crippen LogP contribution in [0.15, 0.2) is 30.3 Å². The van der Waals surface area contributed by atoms with E-state index in [1.54, 1.807) is 26.4 Å². The minimum Gasteiger partial charge on any atom is -0.497 e. The van der Waals surface area contributed by atoms with E-state index in [1.165, 1.54) is 45.1 Å². The van der Waals surface area contributed by atoms with Crippen molar-refractivity contribution in [2.75, 3.05) is 55.7 Å². The van der Waals surface area contributed by atoms with Crippen LogP contribution in [-0.2, 0) is 25.4 Å². The minimum absolute atomic E-state index is 0.0170. The lowest BCUT2D eigenvalue weighted by atomic mass is 9.63. The molecule has 6 rings (SSSR count). The molecule has 4 unspecified atom stereocenters. The van der Waals surface area contributed by atoms with Gasteiger partial charge >= 0.3 is 11.9 Å². The lowest BCUT2D eigenvalue weighted by Crippen LogP contribution is -2.58. The summed E-state index contributed by atoms with van der Waals surface area (Å²) in [6.07, 6.45) is 0.920. The highest BCUT2D eigenvalue weighted by Crippen LogP contribution is 2.51. The molecule has 1 saturated heterocycles. The number of nitrogens with one attached hydrogen (secondary N) is 1. The Labute approximate surface area is 256 Å². The monoisotopic (exact) mass is 608 g/mol. The van der Waals surface area contributed by atoms with Crippen molar-refractivity contribution in [2.24, 2.45) is 17.8 Å². The predicted octanol–water partition coefficient (Wildman–Crippen LogP) is 4.17. The topological polar surface area (TPSA) is 118 Å². The zero-order valence-electron chi connectivity index (χ0n) is 26.0. The lowest BCUT2D eigenvalue weighted by Gasteiger charge is -2.52. The van der Waals surface area contributed by atoms with Gasteiger partial charge in [0.15, 0.2) is 11.5 Å². The molecule has 44 heavy (non-hydrogen) atoms. The zero-order valence-corrected chi connectivity index (χ0v) is 26.0. The van der Waals surface area contributed by atoms with Crippen molar-refractivity contribution in [1.82, 2.24) is 9.88 Å². The number of aromatic nitrogens is 1. The van der Waals surface area contributed by atoms with Gasteiger partial charge in [-0.1, -0.05) is 0 Å². The van der Waals surface area contributed by atoms with Crippen molar-refractivity contribution in [3.63, 3.8) is 0 Å². The number of carbonyl (C=O) groups excluding carboxylic acids is 2. The van der Waals surface area contributed by atoms with E-state index in [0.717, 1.165) is 37.2 Å². The normalized spacial score (nSPS) is 26.1. The van der Waals surface area contributed by atoms with Crippen molar-refractivity contribution in [3.8, 4) is 23.0 Å². The number of nitrogens with zero attached hydrogens (tertiary/aromatic N) is 1. The molecule has 3 aromatic rings. The zero-order chi connectivity index (χ0) is 31.1. The molecular weight excluding hydrogens is 568 g/mol. The van der Waals surface area contributed by atoms with Crippen LogP contribution in [-0.4, -0.2) is 89.8 Å². The van der Waals surface area contributed by atoms with E-state index in [-0.39, 0.29) is 29.4 Å². The summed E-state index contributed by atoms with van der Waals surface area (Å²) >= 11 is 0. The molecule has 1 saturated carbocycles. The summed E-state index contributed by atoms with van der Waals surface area (Å²) in [6, 6.07) is 9.40. The fraction of sp³-hybridized carbons (Fsp3) is 0.515. The smallest absolute Gasteiger partial charge is 0.338 e. The van der Waals surface area contributed by atoms with Gasteiger partial charge in [0.25, 0.3) is 0 Å². The molecule has 0 amide bonds. The van der Waals surface area contributed by atoms with Crippen LogP contribution >= 0.6 is 0 Å². The van der Waals surface area contributed by atoms with Gasteiger partial charge in [-0.3, -0.25) is 9.69 Å². The Kier molecular flexibility index (Phi) is 8.34. The molecule has 0 radical (unpaired) electrons. The standard InChI is InChI=1S/C33H40N2O9/c1-38-19-7-8-20-21-9-10-35-16-18-13-27(44-32(36)17-11-25(39-2)30(41-4)26(12-17)40-3)31(42-5)28(33(37)43-6)22(18)15-24(35)29(21)34-23(20)14-19/h7-8,11-12,14,18,22,24,27-28,31,34H,9-10,13,15-16H2,1-6H3/t18?,22?,24?,27-,28+,31?/m1/s1. The third kappa shape index (κ3) is 5.01. The second-order valence-electron chi connectivity index (χ2n) is 11.7. The maximum absolute atomic E-state index is 13.5. The predicted molar refractivity (Wildman–Crippen MR) is 161 cm³/mol. The number of H-pyrrole nitrogens is 1. The highest BCUT2D eigenvalue weighted by Gasteiger charge is 2.54. The Morgan fingerprint density at radius 2 is 1.66 bits per heavy atom. The number of carbonyl (C=O) groups is 2. The van der Waals surface area contributed by atoms with Crippen molar-refractivity contribution in [3.05, 3.63) is 47.2 Å². The Hall–Kier alpha value is -3.96. The van der Waals surface area contributed by atoms with E-state index in [1.807, 2.05) is 12.1 Å². The second kappa shape index (κ2) is 12.2. The summed E-state index contributed by atoms with van der Waals surface area (Å²) in [6.45, 7) is 1.68. The van der Waals surface area contributed by atoms with Gasteiger partial charge in [-0.05, 0) is 60.9 Å². The maximum atomic E-state index is 13.5. The van der Waals surface area contributed by atoms with Crippen LogP contribution in [0.1, 0.15) is 40.5 Å². The third-order valence-corrected chi connectivity index (χ3v) is 9.76. The number of fused-ring (bicyclic) bond motifs is 6. The van der Waals surface area contributed by atoms with Crippen LogP contribution in [0.25, 0.3) is 10.9 Å². The average molecular weight is 609 g/mol. The van der Waals surface area contributed by atoms with Crippen LogP contribution in [0.2, 0.25) is 0 Å². The second-order valence-corrected chi connectivity index (χ2v) is 11.7. The summed E-state index contributed by atoms with van der Waals surface area (Å²) in [5.74, 6) is 0.441. The molecule has 1 aliphatic carbocycles. The van der Waals surface area contributed by atoms with Gasteiger partial charge in [0, 0.05) is 42.9 Å². The van der Waals surface area contributed by atoms with Gasteiger partial charge in [-0.15, -0.1) is 0 Å². The Morgan fingerprint density at radius 1 is 0.909 bits per heavy atom. The number of methoxy groups -OCH3 is 6. The van der Waals surface area contributed by atoms with E-state index >= 15 is 0 Å². The van der Waals surface area contributed by atoms with Gasteiger partial charge in [-0.25, -0.2) is 4.79 Å². The number of hydrogen-bond donors (Lipinski definition) is 1. The first-order valence-electron chi connectivity index (χ1n) is 14.9. The van der Waals surface area contributed by atoms with Gasteiger partial charge in [0.1, 0.15) is 18.0 Å². The largest absolute Gasteiger partial charge is 0.497 e. The van der Waals surface area contributed by atoms with E-state index < -0.39 is 24.1 Å². The summed E-state index contributed by atoms with van der Waals surface area (Å²) in [5.41, 5.74) is 3.83. The Balaban J connectivity index is 1.29. The maximum Gasteiger partial charge on any atom is 0.338 e. The van der Waals surface area contributed by atoms with Crippen LogP contribution in [0, 0.1) is 17.8 Å². The Morgan fingerprint density at radius 3 is 2.30 bits per heavy atom. The molecule has 11 heteroatoms. The van der Waals surface area contributed by atoms with Crippen LogP contribution < -0.4 is 18.9 Å². The number of piperidine rings is 1. The molecule has 11 nitrogen and oxygen atoms in total. The molecule has 3 heterocycles. The van der Waals surface area contributed by atoms with E-state index in [4.69, 9.17) is 33.2 Å². The molecule has 236 valence electrons. The fourth-order valence-electron chi connectivity index (χ4n) is 7.76. The number of ether oxygens (including phenoxy) is 7. The Bertz CT molecular complexity index is 1530. The highest BCUT2D eigenvalue weighted by atomic mass is 16.6. The van der Waals surface area contributed by atoms with Crippen LogP contribution in [0.4, 0.5) is 0 Å². The number of rotatable bonds is 8. The van der Waals surface area contributed by atoms with Crippen LogP contribution in [0.3, 0.4) is 0 Å². The summed E-state index contributed by atoms with van der Waals surface area (Å²) < 4.78 is 39.1. The van der Waals surface area contributed by atoms with Crippen molar-refractivity contribution < 1.29 is 42.7 Å². The first-order chi connectivity index (χ1) is 21.3.